The number of hydrogen-bond acceptors (Lipinski definition) is 11. The number of benzene rings is 1. The molecule has 1 heterocycles. The highest BCUT2D eigenvalue weighted by atomic mass is 16.4. The second-order valence-electron chi connectivity index (χ2n) is 13.8. The number of primary amides is 1. The molecule has 0 aliphatic carbocycles. The summed E-state index contributed by atoms with van der Waals surface area (Å²) in [5, 5.41) is 31.3. The maximum Gasteiger partial charge on any atom is 0.326 e. The lowest BCUT2D eigenvalue weighted by Crippen LogP contribution is -2.59. The fourth-order valence-electron chi connectivity index (χ4n) is 5.87. The van der Waals surface area contributed by atoms with E-state index in [1.807, 2.05) is 0 Å². The number of aliphatic imine (C=N–C) groups is 1. The van der Waals surface area contributed by atoms with Gasteiger partial charge in [-0.1, -0.05) is 44.2 Å². The van der Waals surface area contributed by atoms with E-state index in [1.54, 1.807) is 44.2 Å². The van der Waals surface area contributed by atoms with E-state index in [2.05, 4.69) is 31.6 Å². The van der Waals surface area contributed by atoms with Crippen LogP contribution in [-0.4, -0.2) is 131 Å². The molecule has 21 nitrogen and oxygen atoms in total. The topological polar surface area (TPSA) is 357 Å². The van der Waals surface area contributed by atoms with Crippen molar-refractivity contribution in [1.29, 1.82) is 0 Å². The van der Waals surface area contributed by atoms with E-state index in [4.69, 9.17) is 22.9 Å². The third-order valence-electron chi connectivity index (χ3n) is 8.65. The lowest BCUT2D eigenvalue weighted by Gasteiger charge is -2.29. The molecule has 15 N–H and O–H groups in total. The highest BCUT2D eigenvalue weighted by Crippen LogP contribution is 2.19. The zero-order chi connectivity index (χ0) is 41.9. The molecule has 6 atom stereocenters. The number of amides is 7. The maximum atomic E-state index is 13.7. The van der Waals surface area contributed by atoms with E-state index in [1.165, 1.54) is 0 Å². The second kappa shape index (κ2) is 23.2. The van der Waals surface area contributed by atoms with Gasteiger partial charge in [-0.2, -0.15) is 0 Å². The van der Waals surface area contributed by atoms with Gasteiger partial charge in [0, 0.05) is 19.5 Å². The van der Waals surface area contributed by atoms with Crippen LogP contribution in [0.1, 0.15) is 57.9 Å². The Morgan fingerprint density at radius 3 is 2.07 bits per heavy atom. The Hall–Kier alpha value is -5.83. The molecule has 1 saturated heterocycles. The minimum atomic E-state index is -1.54. The second-order valence-corrected chi connectivity index (χ2v) is 13.8. The van der Waals surface area contributed by atoms with Gasteiger partial charge >= 0.3 is 5.97 Å². The predicted octanol–water partition coefficient (Wildman–Crippen LogP) is -4.35. The highest BCUT2D eigenvalue weighted by Gasteiger charge is 2.39. The molecule has 0 bridgehead atoms. The highest BCUT2D eigenvalue weighted by molar-refractivity contribution is 5.97. The Morgan fingerprint density at radius 1 is 0.857 bits per heavy atom. The first-order chi connectivity index (χ1) is 26.4. The van der Waals surface area contributed by atoms with Crippen molar-refractivity contribution in [3.63, 3.8) is 0 Å². The van der Waals surface area contributed by atoms with Gasteiger partial charge in [-0.3, -0.25) is 38.6 Å². The lowest BCUT2D eigenvalue weighted by atomic mass is 10.0. The summed E-state index contributed by atoms with van der Waals surface area (Å²) < 4.78 is 0. The van der Waals surface area contributed by atoms with E-state index in [9.17, 15) is 48.6 Å². The zero-order valence-corrected chi connectivity index (χ0v) is 31.6. The molecule has 0 unspecified atom stereocenters. The molecule has 7 amide bonds. The van der Waals surface area contributed by atoms with Crippen LogP contribution in [0.4, 0.5) is 0 Å². The van der Waals surface area contributed by atoms with E-state index >= 15 is 0 Å². The van der Waals surface area contributed by atoms with Gasteiger partial charge in [-0.05, 0) is 43.6 Å². The third-order valence-corrected chi connectivity index (χ3v) is 8.65. The van der Waals surface area contributed by atoms with Crippen LogP contribution >= 0.6 is 0 Å². The van der Waals surface area contributed by atoms with Crippen molar-refractivity contribution in [3.05, 3.63) is 35.9 Å². The number of carbonyl (C=O) groups is 8. The number of nitrogens with one attached hydrogen (secondary N) is 5. The van der Waals surface area contributed by atoms with Gasteiger partial charge in [0.2, 0.25) is 41.4 Å². The lowest BCUT2D eigenvalue weighted by molar-refractivity contribution is -0.149. The summed E-state index contributed by atoms with van der Waals surface area (Å²) >= 11 is 0. The molecule has 310 valence electrons. The van der Waals surface area contributed by atoms with Crippen LogP contribution in [-0.2, 0) is 44.8 Å². The average Bonchev–Trinajstić information content (AvgIpc) is 3.64. The molecule has 21 heteroatoms. The van der Waals surface area contributed by atoms with Crippen molar-refractivity contribution in [2.75, 3.05) is 26.2 Å². The number of carbonyl (C=O) groups excluding carboxylic acids is 7. The zero-order valence-electron chi connectivity index (χ0n) is 31.6. The van der Waals surface area contributed by atoms with Crippen LogP contribution in [0.15, 0.2) is 35.3 Å². The van der Waals surface area contributed by atoms with Crippen molar-refractivity contribution in [2.45, 2.75) is 95.0 Å². The van der Waals surface area contributed by atoms with Crippen molar-refractivity contribution in [3.8, 4) is 0 Å². The van der Waals surface area contributed by atoms with E-state index < -0.39 is 103 Å². The quantitative estimate of drug-likeness (QED) is 0.0284. The molecule has 1 aliphatic rings. The molecule has 1 aromatic rings. The summed E-state index contributed by atoms with van der Waals surface area (Å²) in [6, 6.07) is 0.960. The number of guanidine groups is 1. The van der Waals surface area contributed by atoms with E-state index in [-0.39, 0.29) is 57.1 Å². The van der Waals surface area contributed by atoms with Crippen LogP contribution in [0.3, 0.4) is 0 Å². The summed E-state index contributed by atoms with van der Waals surface area (Å²) in [6.45, 7) is 2.43. The summed E-state index contributed by atoms with van der Waals surface area (Å²) in [5.41, 5.74) is 22.5. The minimum Gasteiger partial charge on any atom is -0.480 e. The molecule has 56 heavy (non-hydrogen) atoms. The van der Waals surface area contributed by atoms with Gasteiger partial charge in [-0.25, -0.2) is 4.79 Å². The smallest absolute Gasteiger partial charge is 0.326 e. The Kier molecular flexibility index (Phi) is 19.2. The first kappa shape index (κ1) is 46.3. The van der Waals surface area contributed by atoms with Gasteiger partial charge in [-0.15, -0.1) is 0 Å². The summed E-state index contributed by atoms with van der Waals surface area (Å²) in [5.74, 6) is -7.40. The molecule has 1 aliphatic heterocycles. The number of rotatable bonds is 23. The normalized spacial score (nSPS) is 16.3. The maximum absolute atomic E-state index is 13.7. The fraction of sp³-hybridized carbons (Fsp3) is 0.571. The number of nitrogens with zero attached hydrogens (tertiary/aromatic N) is 2. The molecule has 0 radical (unpaired) electrons. The number of carboxylic acids is 1. The van der Waals surface area contributed by atoms with Crippen molar-refractivity contribution in [1.82, 2.24) is 31.5 Å². The Morgan fingerprint density at radius 2 is 1.48 bits per heavy atom. The molecule has 1 fully saturated rings. The number of carboxylic acid groups (broad SMARTS) is 1. The number of aliphatic hydroxyl groups is 1. The Labute approximate surface area is 324 Å². The fourth-order valence-corrected chi connectivity index (χ4v) is 5.87. The summed E-state index contributed by atoms with van der Waals surface area (Å²) in [7, 11) is 0. The van der Waals surface area contributed by atoms with Gasteiger partial charge in [0.1, 0.15) is 36.3 Å². The first-order valence-corrected chi connectivity index (χ1v) is 18.2. The Balaban J connectivity index is 2.23. The van der Waals surface area contributed by atoms with Gasteiger partial charge in [0.15, 0.2) is 5.96 Å². The number of aliphatic carboxylic acids is 1. The molecule has 2 rings (SSSR count). The monoisotopic (exact) mass is 789 g/mol. The number of nitrogens with two attached hydrogens (primary N) is 4. The number of aliphatic hydroxyl groups excluding tert-OH is 1. The molecular formula is C35H55N11O10. The predicted molar refractivity (Wildman–Crippen MR) is 201 cm³/mol. The van der Waals surface area contributed by atoms with Gasteiger partial charge < -0.3 is 64.6 Å². The molecular weight excluding hydrogens is 734 g/mol. The standard InChI is InChI=1S/C35H55N11O10/c1-19(2)14-23(42-28(49)17-41-30(51)24(44-29(50)21(36)18-47)15-20-8-4-3-5-9-20)32(53)43-22(10-6-12-40-35(38)39)31(52)45-25(16-27(37)48)33(54)46-13-7-11-26(46)34(55)56/h3-5,8-9,19,21-26,47H,6-7,10-18,36H2,1-2H3,(H2,37,48)(H,41,51)(H,42,49)(H,43,53)(H,44,50)(H,45,52)(H,55,56)(H4,38,39,40)/t21-,22-,23-,24-,25-,26-/m0/s1. The van der Waals surface area contributed by atoms with Crippen LogP contribution in [0, 0.1) is 5.92 Å². The van der Waals surface area contributed by atoms with Crippen molar-refractivity contribution in [2.24, 2.45) is 33.8 Å². The minimum absolute atomic E-state index is 0.0350. The Bertz CT molecular complexity index is 1570. The van der Waals surface area contributed by atoms with Crippen LogP contribution < -0.4 is 49.5 Å². The molecule has 0 spiro atoms. The van der Waals surface area contributed by atoms with E-state index in [0.717, 1.165) is 4.90 Å². The number of hydrogen-bond donors (Lipinski definition) is 11. The largest absolute Gasteiger partial charge is 0.480 e. The van der Waals surface area contributed by atoms with Crippen LogP contribution in [0.2, 0.25) is 0 Å². The SMILES string of the molecule is CC(C)C[C@H](NC(=O)CNC(=O)[C@H](Cc1ccccc1)NC(=O)[C@@H](N)CO)C(=O)N[C@@H](CCCN=C(N)N)C(=O)N[C@@H](CC(N)=O)C(=O)N1CCC[C@H]1C(=O)O. The summed E-state index contributed by atoms with van der Waals surface area (Å²) in [4.78, 5) is 108. The molecule has 0 saturated carbocycles. The van der Waals surface area contributed by atoms with Crippen LogP contribution in [0.5, 0.6) is 0 Å². The first-order valence-electron chi connectivity index (χ1n) is 18.2. The third kappa shape index (κ3) is 15.9. The van der Waals surface area contributed by atoms with Gasteiger partial charge in [0.05, 0.1) is 19.6 Å². The van der Waals surface area contributed by atoms with E-state index in [0.29, 0.717) is 12.0 Å². The molecule has 1 aromatic carbocycles. The average molecular weight is 790 g/mol. The summed E-state index contributed by atoms with van der Waals surface area (Å²) in [6.07, 6.45) is 0.138. The van der Waals surface area contributed by atoms with Crippen molar-refractivity contribution >= 4 is 53.3 Å². The van der Waals surface area contributed by atoms with Crippen molar-refractivity contribution < 1.29 is 48.6 Å². The van der Waals surface area contributed by atoms with Gasteiger partial charge in [0.25, 0.3) is 0 Å². The van der Waals surface area contributed by atoms with Crippen LogP contribution in [0.25, 0.3) is 0 Å². The molecule has 0 aromatic heterocycles. The number of likely N-dealkylation sites (tertiary alicyclic amines) is 1.